The minimum Gasteiger partial charge on any atom is -0.318 e. The Hall–Kier alpha value is -0.870. The van der Waals surface area contributed by atoms with Crippen LogP contribution in [0.1, 0.15) is 18.4 Å². The average molecular weight is 222 g/mol. The molecule has 1 aromatic rings. The van der Waals surface area contributed by atoms with E-state index in [0.29, 0.717) is 0 Å². The molecule has 90 valence electrons. The van der Waals surface area contributed by atoms with E-state index < -0.39 is 0 Å². The van der Waals surface area contributed by atoms with E-state index in [0.717, 1.165) is 25.7 Å². The molecular formula is C12H22N4. The summed E-state index contributed by atoms with van der Waals surface area (Å²) in [7, 11) is 2.04. The fourth-order valence-electron chi connectivity index (χ4n) is 2.48. The molecule has 16 heavy (non-hydrogen) atoms. The molecule has 0 spiro atoms. The van der Waals surface area contributed by atoms with Crippen LogP contribution < -0.4 is 5.32 Å². The minimum atomic E-state index is 0.724. The predicted octanol–water partition coefficient (Wildman–Crippen LogP) is 0.875. The zero-order valence-electron chi connectivity index (χ0n) is 10.3. The Morgan fingerprint density at radius 2 is 2.38 bits per heavy atom. The second-order valence-electron chi connectivity index (χ2n) is 4.67. The van der Waals surface area contributed by atoms with Crippen LogP contribution in [0.5, 0.6) is 0 Å². The Morgan fingerprint density at radius 3 is 3.06 bits per heavy atom. The Balaban J connectivity index is 1.80. The quantitative estimate of drug-likeness (QED) is 0.802. The molecule has 0 amide bonds. The lowest BCUT2D eigenvalue weighted by Crippen LogP contribution is -2.38. The Labute approximate surface area is 97.6 Å². The zero-order valence-corrected chi connectivity index (χ0v) is 10.3. The summed E-state index contributed by atoms with van der Waals surface area (Å²) in [5.41, 5.74) is 1.24. The van der Waals surface area contributed by atoms with Crippen LogP contribution in [0.4, 0.5) is 0 Å². The van der Waals surface area contributed by atoms with Crippen molar-refractivity contribution in [1.82, 2.24) is 20.0 Å². The van der Waals surface area contributed by atoms with Crippen LogP contribution in [0.3, 0.4) is 0 Å². The summed E-state index contributed by atoms with van der Waals surface area (Å²) in [4.78, 5) is 2.58. The molecule has 0 aromatic carbocycles. The number of hydrogen-bond acceptors (Lipinski definition) is 3. The maximum absolute atomic E-state index is 4.32. The lowest BCUT2D eigenvalue weighted by Gasteiger charge is -2.23. The lowest BCUT2D eigenvalue weighted by molar-refractivity contribution is 0.237. The third-order valence-electron chi connectivity index (χ3n) is 3.32. The first kappa shape index (κ1) is 11.6. The first-order valence-corrected chi connectivity index (χ1v) is 6.17. The van der Waals surface area contributed by atoms with E-state index in [1.165, 1.54) is 24.9 Å². The van der Waals surface area contributed by atoms with Gasteiger partial charge in [-0.2, -0.15) is 5.10 Å². The normalized spacial score (nSPS) is 21.8. The Morgan fingerprint density at radius 1 is 1.50 bits per heavy atom. The summed E-state index contributed by atoms with van der Waals surface area (Å²) in [6.45, 7) is 6.56. The molecule has 2 rings (SSSR count). The van der Waals surface area contributed by atoms with Crippen molar-refractivity contribution in [3.05, 3.63) is 18.0 Å². The van der Waals surface area contributed by atoms with E-state index >= 15 is 0 Å². The van der Waals surface area contributed by atoms with Gasteiger partial charge in [-0.3, -0.25) is 9.58 Å². The largest absolute Gasteiger partial charge is 0.318 e. The summed E-state index contributed by atoms with van der Waals surface area (Å²) in [5, 5.41) is 7.60. The van der Waals surface area contributed by atoms with Gasteiger partial charge in [-0.15, -0.1) is 0 Å². The smallest absolute Gasteiger partial charge is 0.0536 e. The fourth-order valence-corrected chi connectivity index (χ4v) is 2.48. The highest BCUT2D eigenvalue weighted by atomic mass is 15.3. The van der Waals surface area contributed by atoms with E-state index in [2.05, 4.69) is 28.4 Å². The van der Waals surface area contributed by atoms with Gasteiger partial charge in [-0.05, 0) is 38.9 Å². The standard InChI is InChI=1S/C12H22N4/c1-11-8-14-16(10-11)7-6-15-5-3-4-12(15)9-13-2/h8,10,12-13H,3-7,9H2,1-2H3. The van der Waals surface area contributed by atoms with Gasteiger partial charge in [0.05, 0.1) is 12.7 Å². The first-order valence-electron chi connectivity index (χ1n) is 6.17. The van der Waals surface area contributed by atoms with Crippen molar-refractivity contribution in [3.8, 4) is 0 Å². The molecule has 2 heterocycles. The van der Waals surface area contributed by atoms with Crippen LogP contribution in [0.25, 0.3) is 0 Å². The molecule has 0 saturated carbocycles. The average Bonchev–Trinajstić information content (AvgIpc) is 2.85. The molecule has 4 heteroatoms. The molecule has 4 nitrogen and oxygen atoms in total. The van der Waals surface area contributed by atoms with E-state index in [1.807, 2.05) is 17.9 Å². The summed E-state index contributed by atoms with van der Waals surface area (Å²) in [5.74, 6) is 0. The summed E-state index contributed by atoms with van der Waals surface area (Å²) < 4.78 is 2.05. The molecule has 0 aliphatic carbocycles. The molecule has 1 atom stereocenters. The first-order chi connectivity index (χ1) is 7.79. The van der Waals surface area contributed by atoms with Gasteiger partial charge < -0.3 is 5.32 Å². The van der Waals surface area contributed by atoms with E-state index in [4.69, 9.17) is 0 Å². The molecule has 1 N–H and O–H groups in total. The van der Waals surface area contributed by atoms with Crippen molar-refractivity contribution < 1.29 is 0 Å². The van der Waals surface area contributed by atoms with Gasteiger partial charge >= 0.3 is 0 Å². The van der Waals surface area contributed by atoms with E-state index in [9.17, 15) is 0 Å². The van der Waals surface area contributed by atoms with Gasteiger partial charge in [-0.1, -0.05) is 0 Å². The highest BCUT2D eigenvalue weighted by Gasteiger charge is 2.22. The second-order valence-corrected chi connectivity index (χ2v) is 4.67. The van der Waals surface area contributed by atoms with Crippen molar-refractivity contribution in [3.63, 3.8) is 0 Å². The Kier molecular flexibility index (Phi) is 3.96. The Bertz CT molecular complexity index is 321. The molecular weight excluding hydrogens is 200 g/mol. The lowest BCUT2D eigenvalue weighted by atomic mass is 10.2. The number of aryl methyl sites for hydroxylation is 1. The molecule has 1 saturated heterocycles. The number of hydrogen-bond donors (Lipinski definition) is 1. The molecule has 0 bridgehead atoms. The molecule has 1 unspecified atom stereocenters. The monoisotopic (exact) mass is 222 g/mol. The highest BCUT2D eigenvalue weighted by Crippen LogP contribution is 2.16. The molecule has 1 aliphatic heterocycles. The number of nitrogens with zero attached hydrogens (tertiary/aromatic N) is 3. The van der Waals surface area contributed by atoms with Crippen LogP contribution in [-0.2, 0) is 6.54 Å². The van der Waals surface area contributed by atoms with Crippen molar-refractivity contribution in [2.45, 2.75) is 32.4 Å². The van der Waals surface area contributed by atoms with Gasteiger partial charge in [0.2, 0.25) is 0 Å². The number of likely N-dealkylation sites (tertiary alicyclic amines) is 1. The van der Waals surface area contributed by atoms with Crippen LogP contribution in [-0.4, -0.2) is 47.4 Å². The molecule has 0 radical (unpaired) electrons. The predicted molar refractivity (Wildman–Crippen MR) is 65.5 cm³/mol. The third-order valence-corrected chi connectivity index (χ3v) is 3.32. The molecule has 1 fully saturated rings. The summed E-state index contributed by atoms with van der Waals surface area (Å²) >= 11 is 0. The number of likely N-dealkylation sites (N-methyl/N-ethyl adjacent to an activating group) is 1. The number of aromatic nitrogens is 2. The van der Waals surface area contributed by atoms with Gasteiger partial charge in [0, 0.05) is 25.3 Å². The topological polar surface area (TPSA) is 33.1 Å². The van der Waals surface area contributed by atoms with Gasteiger partial charge in [0.15, 0.2) is 0 Å². The van der Waals surface area contributed by atoms with Gasteiger partial charge in [-0.25, -0.2) is 0 Å². The van der Waals surface area contributed by atoms with Crippen LogP contribution in [0, 0.1) is 6.92 Å². The zero-order chi connectivity index (χ0) is 11.4. The summed E-state index contributed by atoms with van der Waals surface area (Å²) in [6.07, 6.45) is 6.71. The highest BCUT2D eigenvalue weighted by molar-refractivity contribution is 4.99. The number of nitrogens with one attached hydrogen (secondary N) is 1. The van der Waals surface area contributed by atoms with Gasteiger partial charge in [0.1, 0.15) is 0 Å². The number of rotatable bonds is 5. The van der Waals surface area contributed by atoms with Crippen LogP contribution in [0.15, 0.2) is 12.4 Å². The second kappa shape index (κ2) is 5.46. The molecule has 1 aromatic heterocycles. The van der Waals surface area contributed by atoms with Crippen molar-refractivity contribution in [2.75, 3.05) is 26.7 Å². The fraction of sp³-hybridized carbons (Fsp3) is 0.750. The maximum atomic E-state index is 4.32. The SMILES string of the molecule is CNCC1CCCN1CCn1cc(C)cn1. The minimum absolute atomic E-state index is 0.724. The van der Waals surface area contributed by atoms with Crippen molar-refractivity contribution in [1.29, 1.82) is 0 Å². The third kappa shape index (κ3) is 2.83. The van der Waals surface area contributed by atoms with E-state index in [-0.39, 0.29) is 0 Å². The maximum Gasteiger partial charge on any atom is 0.0536 e. The van der Waals surface area contributed by atoms with Crippen molar-refractivity contribution >= 4 is 0 Å². The summed E-state index contributed by atoms with van der Waals surface area (Å²) in [6, 6.07) is 0.724. The van der Waals surface area contributed by atoms with Crippen LogP contribution in [0.2, 0.25) is 0 Å². The molecule has 1 aliphatic rings. The van der Waals surface area contributed by atoms with E-state index in [1.54, 1.807) is 0 Å². The van der Waals surface area contributed by atoms with Crippen molar-refractivity contribution in [2.24, 2.45) is 0 Å². The van der Waals surface area contributed by atoms with Crippen LogP contribution >= 0.6 is 0 Å². The van der Waals surface area contributed by atoms with Gasteiger partial charge in [0.25, 0.3) is 0 Å².